The van der Waals surface area contributed by atoms with E-state index in [-0.39, 0.29) is 6.10 Å². The van der Waals surface area contributed by atoms with Crippen molar-refractivity contribution in [3.8, 4) is 0 Å². The van der Waals surface area contributed by atoms with E-state index in [2.05, 4.69) is 0 Å². The second-order valence-corrected chi connectivity index (χ2v) is 3.08. The molecule has 0 radical (unpaired) electrons. The highest BCUT2D eigenvalue weighted by atomic mass is 19.1. The van der Waals surface area contributed by atoms with Crippen LogP contribution in [-0.2, 0) is 9.53 Å². The lowest BCUT2D eigenvalue weighted by atomic mass is 10.00. The third kappa shape index (κ3) is 2.52. The third-order valence-corrected chi connectivity index (χ3v) is 2.18. The number of hydrogen-bond donors (Lipinski definition) is 1. The highest BCUT2D eigenvalue weighted by molar-refractivity contribution is 5.84. The molecule has 0 amide bonds. The number of ether oxygens (including phenoxy) is 1. The monoisotopic (exact) mass is 188 g/mol. The van der Waals surface area contributed by atoms with Crippen LogP contribution in [0.15, 0.2) is 11.4 Å². The van der Waals surface area contributed by atoms with E-state index in [0.29, 0.717) is 25.0 Å². The Morgan fingerprint density at radius 1 is 1.77 bits per heavy atom. The predicted molar refractivity (Wildman–Crippen MR) is 45.0 cm³/mol. The van der Waals surface area contributed by atoms with Gasteiger partial charge in [-0.1, -0.05) is 6.92 Å². The van der Waals surface area contributed by atoms with Crippen molar-refractivity contribution in [3.63, 3.8) is 0 Å². The van der Waals surface area contributed by atoms with Crippen LogP contribution in [0.4, 0.5) is 4.39 Å². The van der Waals surface area contributed by atoms with E-state index >= 15 is 0 Å². The molecule has 0 bridgehead atoms. The van der Waals surface area contributed by atoms with Gasteiger partial charge in [-0.2, -0.15) is 4.39 Å². The summed E-state index contributed by atoms with van der Waals surface area (Å²) in [5.74, 6) is -2.46. The number of carboxylic acid groups (broad SMARTS) is 1. The third-order valence-electron chi connectivity index (χ3n) is 2.18. The Balaban J connectivity index is 2.70. The maximum Gasteiger partial charge on any atom is 0.364 e. The predicted octanol–water partition coefficient (Wildman–Crippen LogP) is 1.88. The standard InChI is InChI=1S/C9H13FO3/c1-2-7-5-6(3-4-13-7)8(10)9(11)12/h7H,2-5H2,1H3,(H,11,12)/b8-6-. The van der Waals surface area contributed by atoms with E-state index in [4.69, 9.17) is 9.84 Å². The van der Waals surface area contributed by atoms with Gasteiger partial charge in [0.15, 0.2) is 0 Å². The lowest BCUT2D eigenvalue weighted by molar-refractivity contribution is -0.134. The molecule has 0 aliphatic carbocycles. The molecular formula is C9H13FO3. The molecule has 4 heteroatoms. The second-order valence-electron chi connectivity index (χ2n) is 3.08. The summed E-state index contributed by atoms with van der Waals surface area (Å²) >= 11 is 0. The Bertz CT molecular complexity index is 235. The van der Waals surface area contributed by atoms with Gasteiger partial charge in [-0.3, -0.25) is 0 Å². The fraction of sp³-hybridized carbons (Fsp3) is 0.667. The van der Waals surface area contributed by atoms with Crippen molar-refractivity contribution >= 4 is 5.97 Å². The minimum atomic E-state index is -1.47. The van der Waals surface area contributed by atoms with Gasteiger partial charge in [-0.05, 0) is 24.8 Å². The number of carbonyl (C=O) groups is 1. The summed E-state index contributed by atoms with van der Waals surface area (Å²) in [5.41, 5.74) is 0.380. The van der Waals surface area contributed by atoms with Crippen LogP contribution in [0.2, 0.25) is 0 Å². The Kier molecular flexibility index (Phi) is 3.42. The molecule has 1 N–H and O–H groups in total. The molecule has 1 fully saturated rings. The molecular weight excluding hydrogens is 175 g/mol. The van der Waals surface area contributed by atoms with E-state index in [1.807, 2.05) is 6.92 Å². The summed E-state index contributed by atoms with van der Waals surface area (Å²) in [6, 6.07) is 0. The lowest BCUT2D eigenvalue weighted by Gasteiger charge is -2.23. The molecule has 0 aromatic carbocycles. The zero-order valence-corrected chi connectivity index (χ0v) is 7.55. The van der Waals surface area contributed by atoms with Gasteiger partial charge in [0.1, 0.15) is 0 Å². The highest BCUT2D eigenvalue weighted by Crippen LogP contribution is 2.24. The lowest BCUT2D eigenvalue weighted by Crippen LogP contribution is -2.21. The molecule has 1 aliphatic rings. The molecule has 13 heavy (non-hydrogen) atoms. The zero-order valence-electron chi connectivity index (χ0n) is 7.55. The van der Waals surface area contributed by atoms with Gasteiger partial charge in [0.05, 0.1) is 12.7 Å². The van der Waals surface area contributed by atoms with E-state index in [1.165, 1.54) is 0 Å². The Labute approximate surface area is 76.2 Å². The molecule has 1 atom stereocenters. The SMILES string of the molecule is CCC1C/C(=C(\F)C(=O)O)CCO1. The van der Waals surface area contributed by atoms with Crippen molar-refractivity contribution in [3.05, 3.63) is 11.4 Å². The first-order valence-electron chi connectivity index (χ1n) is 4.37. The first kappa shape index (κ1) is 10.2. The molecule has 1 rings (SSSR count). The van der Waals surface area contributed by atoms with Gasteiger partial charge in [0, 0.05) is 0 Å². The van der Waals surface area contributed by atoms with Gasteiger partial charge in [-0.25, -0.2) is 4.79 Å². The summed E-state index contributed by atoms with van der Waals surface area (Å²) in [6.07, 6.45) is 1.58. The van der Waals surface area contributed by atoms with Crippen molar-refractivity contribution in [2.45, 2.75) is 32.3 Å². The normalized spacial score (nSPS) is 27.1. The summed E-state index contributed by atoms with van der Waals surface area (Å²) in [7, 11) is 0. The first-order valence-corrected chi connectivity index (χ1v) is 4.37. The van der Waals surface area contributed by atoms with E-state index in [9.17, 15) is 9.18 Å². The maximum atomic E-state index is 12.9. The Morgan fingerprint density at radius 3 is 3.00 bits per heavy atom. The summed E-state index contributed by atoms with van der Waals surface area (Å²) in [5, 5.41) is 8.42. The summed E-state index contributed by atoms with van der Waals surface area (Å²) in [6.45, 7) is 2.36. The van der Waals surface area contributed by atoms with Gasteiger partial charge < -0.3 is 9.84 Å². The van der Waals surface area contributed by atoms with Gasteiger partial charge in [0.2, 0.25) is 5.83 Å². The van der Waals surface area contributed by atoms with E-state index in [0.717, 1.165) is 6.42 Å². The number of carboxylic acids is 1. The minimum absolute atomic E-state index is 0.0196. The average Bonchev–Trinajstić information content (AvgIpc) is 2.16. The van der Waals surface area contributed by atoms with Crippen molar-refractivity contribution in [1.29, 1.82) is 0 Å². The maximum absolute atomic E-state index is 12.9. The van der Waals surface area contributed by atoms with Crippen molar-refractivity contribution in [2.24, 2.45) is 0 Å². The van der Waals surface area contributed by atoms with E-state index < -0.39 is 11.8 Å². The highest BCUT2D eigenvalue weighted by Gasteiger charge is 2.21. The average molecular weight is 188 g/mol. The van der Waals surface area contributed by atoms with E-state index in [1.54, 1.807) is 0 Å². The molecule has 3 nitrogen and oxygen atoms in total. The molecule has 0 aromatic heterocycles. The molecule has 0 aromatic rings. The zero-order chi connectivity index (χ0) is 9.84. The largest absolute Gasteiger partial charge is 0.476 e. The van der Waals surface area contributed by atoms with Gasteiger partial charge >= 0.3 is 5.97 Å². The van der Waals surface area contributed by atoms with Gasteiger partial charge in [0.25, 0.3) is 0 Å². The van der Waals surface area contributed by atoms with Crippen LogP contribution in [-0.4, -0.2) is 23.8 Å². The number of aliphatic carboxylic acids is 1. The van der Waals surface area contributed by atoms with Crippen LogP contribution in [0.3, 0.4) is 0 Å². The Morgan fingerprint density at radius 2 is 2.46 bits per heavy atom. The van der Waals surface area contributed by atoms with Crippen LogP contribution in [0.1, 0.15) is 26.2 Å². The molecule has 0 spiro atoms. The molecule has 1 unspecified atom stereocenters. The molecule has 1 saturated heterocycles. The minimum Gasteiger partial charge on any atom is -0.476 e. The number of hydrogen-bond acceptors (Lipinski definition) is 2. The van der Waals surface area contributed by atoms with Crippen LogP contribution < -0.4 is 0 Å². The summed E-state index contributed by atoms with van der Waals surface area (Å²) < 4.78 is 18.2. The van der Waals surface area contributed by atoms with Crippen LogP contribution >= 0.6 is 0 Å². The first-order chi connectivity index (χ1) is 6.15. The van der Waals surface area contributed by atoms with Crippen molar-refractivity contribution in [2.75, 3.05) is 6.61 Å². The smallest absolute Gasteiger partial charge is 0.364 e. The fourth-order valence-electron chi connectivity index (χ4n) is 1.40. The fourth-order valence-corrected chi connectivity index (χ4v) is 1.40. The van der Waals surface area contributed by atoms with Crippen molar-refractivity contribution < 1.29 is 19.0 Å². The number of halogens is 1. The van der Waals surface area contributed by atoms with Crippen LogP contribution in [0.5, 0.6) is 0 Å². The van der Waals surface area contributed by atoms with Crippen LogP contribution in [0.25, 0.3) is 0 Å². The summed E-state index contributed by atoms with van der Waals surface area (Å²) in [4.78, 5) is 10.3. The Hall–Kier alpha value is -0.900. The number of rotatable bonds is 2. The quantitative estimate of drug-likeness (QED) is 0.673. The molecule has 1 heterocycles. The molecule has 0 saturated carbocycles. The molecule has 74 valence electrons. The van der Waals surface area contributed by atoms with Gasteiger partial charge in [-0.15, -0.1) is 0 Å². The van der Waals surface area contributed by atoms with Crippen molar-refractivity contribution in [1.82, 2.24) is 0 Å². The van der Waals surface area contributed by atoms with Crippen LogP contribution in [0, 0.1) is 0 Å². The second kappa shape index (κ2) is 4.37. The molecule has 1 aliphatic heterocycles. The topological polar surface area (TPSA) is 46.5 Å².